The lowest BCUT2D eigenvalue weighted by Gasteiger charge is -2.37. The molecule has 0 aliphatic carbocycles. The third-order valence-electron chi connectivity index (χ3n) is 4.14. The van der Waals surface area contributed by atoms with Crippen molar-refractivity contribution in [2.24, 2.45) is 5.92 Å². The summed E-state index contributed by atoms with van der Waals surface area (Å²) in [5.41, 5.74) is 3.62. The van der Waals surface area contributed by atoms with Crippen LogP contribution in [0.4, 0.5) is 0 Å². The van der Waals surface area contributed by atoms with Gasteiger partial charge in [-0.25, -0.2) is 4.98 Å². The number of nitrogens with zero attached hydrogens (tertiary/aromatic N) is 2. The molecule has 4 nitrogen and oxygen atoms in total. The number of H-pyrrole nitrogens is 1. The Morgan fingerprint density at radius 3 is 2.65 bits per heavy atom. The maximum absolute atomic E-state index is 4.49. The molecule has 20 heavy (non-hydrogen) atoms. The highest BCUT2D eigenvalue weighted by Gasteiger charge is 2.25. The van der Waals surface area contributed by atoms with Crippen molar-refractivity contribution in [3.63, 3.8) is 0 Å². The average Bonchev–Trinajstić information content (AvgIpc) is 2.79. The molecule has 2 aromatic rings. The Kier molecular flexibility index (Phi) is 3.76. The van der Waals surface area contributed by atoms with Crippen LogP contribution in [0.2, 0.25) is 0 Å². The van der Waals surface area contributed by atoms with Crippen LogP contribution < -0.4 is 5.32 Å². The number of benzene rings is 1. The predicted molar refractivity (Wildman–Crippen MR) is 82.9 cm³/mol. The van der Waals surface area contributed by atoms with E-state index in [2.05, 4.69) is 52.2 Å². The monoisotopic (exact) mass is 272 g/mol. The summed E-state index contributed by atoms with van der Waals surface area (Å²) in [6.45, 7) is 11.1. The van der Waals surface area contributed by atoms with Gasteiger partial charge >= 0.3 is 0 Å². The maximum Gasteiger partial charge on any atom is 0.104 e. The Labute approximate surface area is 120 Å². The molecule has 2 N–H and O–H groups in total. The SMILES string of the molecule is Cc1nc2ccc(C(C(C)C)N3CCNCC3)cc2[nH]1. The molecule has 1 aliphatic heterocycles. The summed E-state index contributed by atoms with van der Waals surface area (Å²) >= 11 is 0. The molecular formula is C16H24N4. The lowest BCUT2D eigenvalue weighted by Crippen LogP contribution is -2.46. The van der Waals surface area contributed by atoms with Gasteiger partial charge in [0.05, 0.1) is 11.0 Å². The second-order valence-corrected chi connectivity index (χ2v) is 6.07. The third kappa shape index (κ3) is 2.58. The van der Waals surface area contributed by atoms with Crippen molar-refractivity contribution >= 4 is 11.0 Å². The highest BCUT2D eigenvalue weighted by molar-refractivity contribution is 5.76. The third-order valence-corrected chi connectivity index (χ3v) is 4.14. The molecule has 1 aromatic carbocycles. The van der Waals surface area contributed by atoms with Gasteiger partial charge in [-0.1, -0.05) is 19.9 Å². The smallest absolute Gasteiger partial charge is 0.104 e. The van der Waals surface area contributed by atoms with Gasteiger partial charge in [-0.3, -0.25) is 4.90 Å². The molecule has 0 radical (unpaired) electrons. The molecule has 1 fully saturated rings. The average molecular weight is 272 g/mol. The minimum Gasteiger partial charge on any atom is -0.342 e. The lowest BCUT2D eigenvalue weighted by atomic mass is 9.93. The number of hydrogen-bond acceptors (Lipinski definition) is 3. The first kappa shape index (κ1) is 13.6. The minimum atomic E-state index is 0.491. The summed E-state index contributed by atoms with van der Waals surface area (Å²) in [6, 6.07) is 7.16. The van der Waals surface area contributed by atoms with Gasteiger partial charge in [-0.2, -0.15) is 0 Å². The van der Waals surface area contributed by atoms with Crippen LogP contribution in [0.3, 0.4) is 0 Å². The van der Waals surface area contributed by atoms with E-state index >= 15 is 0 Å². The number of rotatable bonds is 3. The van der Waals surface area contributed by atoms with Crippen LogP contribution in [-0.2, 0) is 0 Å². The van der Waals surface area contributed by atoms with Crippen molar-refractivity contribution in [2.45, 2.75) is 26.8 Å². The van der Waals surface area contributed by atoms with Gasteiger partial charge in [0.15, 0.2) is 0 Å². The fraction of sp³-hybridized carbons (Fsp3) is 0.562. The van der Waals surface area contributed by atoms with Crippen LogP contribution in [0.1, 0.15) is 31.3 Å². The topological polar surface area (TPSA) is 44.0 Å². The van der Waals surface area contributed by atoms with E-state index in [0.717, 1.165) is 43.0 Å². The Morgan fingerprint density at radius 1 is 1.20 bits per heavy atom. The molecule has 3 rings (SSSR count). The van der Waals surface area contributed by atoms with Gasteiger partial charge in [-0.15, -0.1) is 0 Å². The van der Waals surface area contributed by atoms with Crippen LogP contribution in [0.15, 0.2) is 18.2 Å². The summed E-state index contributed by atoms with van der Waals surface area (Å²) in [5, 5.41) is 3.44. The number of hydrogen-bond donors (Lipinski definition) is 2. The molecule has 108 valence electrons. The van der Waals surface area contributed by atoms with Crippen LogP contribution in [-0.4, -0.2) is 41.0 Å². The molecule has 1 atom stereocenters. The molecule has 1 unspecified atom stereocenters. The summed E-state index contributed by atoms with van der Waals surface area (Å²) in [4.78, 5) is 10.4. The maximum atomic E-state index is 4.49. The van der Waals surface area contributed by atoms with Crippen molar-refractivity contribution in [2.75, 3.05) is 26.2 Å². The Bertz CT molecular complexity index is 581. The number of aryl methyl sites for hydroxylation is 1. The zero-order valence-corrected chi connectivity index (χ0v) is 12.6. The van der Waals surface area contributed by atoms with E-state index in [4.69, 9.17) is 0 Å². The van der Waals surface area contributed by atoms with Gasteiger partial charge in [0, 0.05) is 32.2 Å². The van der Waals surface area contributed by atoms with Gasteiger partial charge in [0.25, 0.3) is 0 Å². The highest BCUT2D eigenvalue weighted by atomic mass is 15.2. The van der Waals surface area contributed by atoms with Crippen molar-refractivity contribution < 1.29 is 0 Å². The number of piperazine rings is 1. The first-order chi connectivity index (χ1) is 9.65. The fourth-order valence-electron chi connectivity index (χ4n) is 3.32. The van der Waals surface area contributed by atoms with Crippen molar-refractivity contribution in [1.29, 1.82) is 0 Å². The molecule has 0 bridgehead atoms. The molecular weight excluding hydrogens is 248 g/mol. The van der Waals surface area contributed by atoms with E-state index in [1.165, 1.54) is 5.56 Å². The molecule has 1 aliphatic rings. The second-order valence-electron chi connectivity index (χ2n) is 6.07. The number of aromatic nitrogens is 2. The normalized spacial score (nSPS) is 18.8. The number of nitrogens with one attached hydrogen (secondary N) is 2. The van der Waals surface area contributed by atoms with Crippen molar-refractivity contribution in [1.82, 2.24) is 20.2 Å². The molecule has 0 saturated carbocycles. The molecule has 2 heterocycles. The summed E-state index contributed by atoms with van der Waals surface area (Å²) in [5.74, 6) is 1.59. The number of fused-ring (bicyclic) bond motifs is 1. The summed E-state index contributed by atoms with van der Waals surface area (Å²) in [6.07, 6.45) is 0. The summed E-state index contributed by atoms with van der Waals surface area (Å²) in [7, 11) is 0. The van der Waals surface area contributed by atoms with E-state index in [9.17, 15) is 0 Å². The largest absolute Gasteiger partial charge is 0.342 e. The van der Waals surface area contributed by atoms with Crippen LogP contribution in [0.5, 0.6) is 0 Å². The number of aromatic amines is 1. The van der Waals surface area contributed by atoms with E-state index in [1.54, 1.807) is 0 Å². The quantitative estimate of drug-likeness (QED) is 0.902. The zero-order valence-electron chi connectivity index (χ0n) is 12.6. The Hall–Kier alpha value is -1.39. The van der Waals surface area contributed by atoms with E-state index in [0.29, 0.717) is 12.0 Å². The van der Waals surface area contributed by atoms with Crippen LogP contribution >= 0.6 is 0 Å². The number of imidazole rings is 1. The van der Waals surface area contributed by atoms with Crippen molar-refractivity contribution in [3.05, 3.63) is 29.6 Å². The molecule has 1 saturated heterocycles. The van der Waals surface area contributed by atoms with E-state index in [1.807, 2.05) is 6.92 Å². The van der Waals surface area contributed by atoms with Gasteiger partial charge in [0.1, 0.15) is 5.82 Å². The van der Waals surface area contributed by atoms with Gasteiger partial charge < -0.3 is 10.3 Å². The zero-order chi connectivity index (χ0) is 14.1. The lowest BCUT2D eigenvalue weighted by molar-refractivity contribution is 0.137. The predicted octanol–water partition coefficient (Wildman–Crippen LogP) is 2.47. The van der Waals surface area contributed by atoms with E-state index in [-0.39, 0.29) is 0 Å². The van der Waals surface area contributed by atoms with Gasteiger partial charge in [-0.05, 0) is 30.5 Å². The highest BCUT2D eigenvalue weighted by Crippen LogP contribution is 2.30. The molecule has 0 spiro atoms. The molecule has 0 amide bonds. The molecule has 4 heteroatoms. The second kappa shape index (κ2) is 5.54. The Balaban J connectivity index is 1.95. The fourth-order valence-corrected chi connectivity index (χ4v) is 3.32. The van der Waals surface area contributed by atoms with Gasteiger partial charge in [0.2, 0.25) is 0 Å². The van der Waals surface area contributed by atoms with Crippen LogP contribution in [0, 0.1) is 12.8 Å². The van der Waals surface area contributed by atoms with Crippen molar-refractivity contribution in [3.8, 4) is 0 Å². The first-order valence-corrected chi connectivity index (χ1v) is 7.56. The molecule has 1 aromatic heterocycles. The standard InChI is InChI=1S/C16H24N4/c1-11(2)16(20-8-6-17-7-9-20)13-4-5-14-15(10-13)19-12(3)18-14/h4-5,10-11,16-17H,6-9H2,1-3H3,(H,18,19). The van der Waals surface area contributed by atoms with E-state index < -0.39 is 0 Å². The summed E-state index contributed by atoms with van der Waals surface area (Å²) < 4.78 is 0. The minimum absolute atomic E-state index is 0.491. The first-order valence-electron chi connectivity index (χ1n) is 7.56. The Morgan fingerprint density at radius 2 is 1.95 bits per heavy atom. The van der Waals surface area contributed by atoms with Crippen LogP contribution in [0.25, 0.3) is 11.0 Å².